The Kier molecular flexibility index (Phi) is 5.10. The molecule has 1 amide bonds. The average molecular weight is 437 g/mol. The van der Waals surface area contributed by atoms with E-state index in [1.54, 1.807) is 24.0 Å². The van der Waals surface area contributed by atoms with Crippen LogP contribution in [-0.2, 0) is 10.0 Å². The molecule has 29 heavy (non-hydrogen) atoms. The Morgan fingerprint density at radius 1 is 1.10 bits per heavy atom. The number of benzene rings is 2. The van der Waals surface area contributed by atoms with Crippen LogP contribution in [-0.4, -0.2) is 49.7 Å². The molecule has 9 heteroatoms. The number of hydrogen-bond acceptors (Lipinski definition) is 4. The molecule has 0 bridgehead atoms. The summed E-state index contributed by atoms with van der Waals surface area (Å²) in [5, 5.41) is 0.712. The van der Waals surface area contributed by atoms with Crippen molar-refractivity contribution in [3.63, 3.8) is 0 Å². The Balaban J connectivity index is 1.52. The van der Waals surface area contributed by atoms with Crippen LogP contribution in [0.4, 0.5) is 4.39 Å². The zero-order chi connectivity index (χ0) is 20.8. The minimum absolute atomic E-state index is 0.0524. The van der Waals surface area contributed by atoms with Crippen molar-refractivity contribution in [1.82, 2.24) is 9.21 Å². The first kappa shape index (κ1) is 19.9. The van der Waals surface area contributed by atoms with Crippen LogP contribution in [0.25, 0.3) is 11.0 Å². The fraction of sp³-hybridized carbons (Fsp3) is 0.250. The molecule has 0 atom stereocenters. The molecule has 152 valence electrons. The molecule has 4 rings (SSSR count). The summed E-state index contributed by atoms with van der Waals surface area (Å²) in [6.07, 6.45) is 0. The second kappa shape index (κ2) is 7.44. The van der Waals surface area contributed by atoms with Crippen molar-refractivity contribution in [2.75, 3.05) is 26.2 Å². The smallest absolute Gasteiger partial charge is 0.289 e. The van der Waals surface area contributed by atoms with Crippen LogP contribution in [0, 0.1) is 12.7 Å². The van der Waals surface area contributed by atoms with E-state index in [9.17, 15) is 17.6 Å². The van der Waals surface area contributed by atoms with Gasteiger partial charge in [0.2, 0.25) is 10.0 Å². The number of carbonyl (C=O) groups excluding carboxylic acids is 1. The number of furan rings is 1. The lowest BCUT2D eigenvalue weighted by Crippen LogP contribution is -2.50. The Morgan fingerprint density at radius 3 is 2.48 bits per heavy atom. The van der Waals surface area contributed by atoms with E-state index >= 15 is 0 Å². The number of nitrogens with zero attached hydrogens (tertiary/aromatic N) is 2. The first-order valence-corrected chi connectivity index (χ1v) is 10.8. The summed E-state index contributed by atoms with van der Waals surface area (Å²) >= 11 is 6.04. The van der Waals surface area contributed by atoms with E-state index in [-0.39, 0.29) is 47.8 Å². The minimum atomic E-state index is -3.74. The number of hydrogen-bond donors (Lipinski definition) is 0. The van der Waals surface area contributed by atoms with E-state index in [0.717, 1.165) is 0 Å². The molecule has 1 aliphatic rings. The van der Waals surface area contributed by atoms with Gasteiger partial charge in [0.15, 0.2) is 5.76 Å². The minimum Gasteiger partial charge on any atom is -0.451 e. The molecule has 6 nitrogen and oxygen atoms in total. The zero-order valence-corrected chi connectivity index (χ0v) is 17.1. The van der Waals surface area contributed by atoms with Crippen LogP contribution >= 0.6 is 11.6 Å². The summed E-state index contributed by atoms with van der Waals surface area (Å²) < 4.78 is 46.1. The highest BCUT2D eigenvalue weighted by molar-refractivity contribution is 7.89. The molecule has 1 fully saturated rings. The molecule has 2 aromatic carbocycles. The van der Waals surface area contributed by atoms with Gasteiger partial charge in [-0.3, -0.25) is 4.79 Å². The fourth-order valence-corrected chi connectivity index (χ4v) is 5.38. The zero-order valence-electron chi connectivity index (χ0n) is 15.6. The van der Waals surface area contributed by atoms with Crippen LogP contribution in [0.3, 0.4) is 0 Å². The van der Waals surface area contributed by atoms with Crippen LogP contribution in [0.1, 0.15) is 16.1 Å². The Morgan fingerprint density at radius 2 is 1.79 bits per heavy atom. The first-order chi connectivity index (χ1) is 13.8. The van der Waals surface area contributed by atoms with Crippen molar-refractivity contribution < 1.29 is 22.0 Å². The van der Waals surface area contributed by atoms with Gasteiger partial charge in [-0.25, -0.2) is 12.8 Å². The monoisotopic (exact) mass is 436 g/mol. The third-order valence-corrected chi connectivity index (χ3v) is 7.47. The molecule has 3 aromatic rings. The highest BCUT2D eigenvalue weighted by Crippen LogP contribution is 2.28. The van der Waals surface area contributed by atoms with Gasteiger partial charge in [0.25, 0.3) is 5.91 Å². The number of fused-ring (bicyclic) bond motifs is 1. The lowest BCUT2D eigenvalue weighted by Gasteiger charge is -2.33. The number of rotatable bonds is 3. The van der Waals surface area contributed by atoms with Gasteiger partial charge in [-0.15, -0.1) is 0 Å². The van der Waals surface area contributed by atoms with Crippen LogP contribution in [0.5, 0.6) is 0 Å². The van der Waals surface area contributed by atoms with Crippen molar-refractivity contribution in [3.8, 4) is 0 Å². The SMILES string of the molecule is Cc1c(C(=O)N2CCN(S(=O)(=O)c3ccccc3Cl)CC2)oc2ccc(F)cc12. The molecule has 0 radical (unpaired) electrons. The van der Waals surface area contributed by atoms with E-state index in [0.29, 0.717) is 16.5 Å². The van der Waals surface area contributed by atoms with Crippen molar-refractivity contribution in [2.45, 2.75) is 11.8 Å². The van der Waals surface area contributed by atoms with E-state index < -0.39 is 15.8 Å². The second-order valence-corrected chi connectivity index (χ2v) is 9.14. The predicted molar refractivity (Wildman–Crippen MR) is 107 cm³/mol. The maximum absolute atomic E-state index is 13.5. The van der Waals surface area contributed by atoms with Crippen molar-refractivity contribution in [2.24, 2.45) is 0 Å². The quantitative estimate of drug-likeness (QED) is 0.628. The molecule has 1 aromatic heterocycles. The average Bonchev–Trinajstić information content (AvgIpc) is 3.04. The first-order valence-electron chi connectivity index (χ1n) is 9.01. The highest BCUT2D eigenvalue weighted by atomic mass is 35.5. The van der Waals surface area contributed by atoms with Crippen LogP contribution < -0.4 is 0 Å². The van der Waals surface area contributed by atoms with Crippen molar-refractivity contribution >= 4 is 38.5 Å². The van der Waals surface area contributed by atoms with Gasteiger partial charge >= 0.3 is 0 Å². The summed E-state index contributed by atoms with van der Waals surface area (Å²) in [4.78, 5) is 14.5. The number of sulfonamides is 1. The number of halogens is 2. The normalized spacial score (nSPS) is 15.8. The fourth-order valence-electron chi connectivity index (χ4n) is 3.47. The maximum atomic E-state index is 13.5. The lowest BCUT2D eigenvalue weighted by molar-refractivity contribution is 0.0667. The van der Waals surface area contributed by atoms with Gasteiger partial charge in [0, 0.05) is 37.1 Å². The predicted octanol–water partition coefficient (Wildman–Crippen LogP) is 3.68. The van der Waals surface area contributed by atoms with E-state index in [1.165, 1.54) is 34.6 Å². The van der Waals surface area contributed by atoms with Gasteiger partial charge < -0.3 is 9.32 Å². The highest BCUT2D eigenvalue weighted by Gasteiger charge is 2.33. The molecule has 0 aliphatic carbocycles. The molecule has 1 saturated heterocycles. The summed E-state index contributed by atoms with van der Waals surface area (Å²) in [7, 11) is -3.74. The van der Waals surface area contributed by atoms with E-state index in [1.807, 2.05) is 0 Å². The third kappa shape index (κ3) is 3.52. The van der Waals surface area contributed by atoms with Gasteiger partial charge in [0.05, 0.1) is 5.02 Å². The Labute approximate surface area is 172 Å². The largest absolute Gasteiger partial charge is 0.451 e. The molecule has 0 unspecified atom stereocenters. The molecule has 0 saturated carbocycles. The van der Waals surface area contributed by atoms with Crippen molar-refractivity contribution in [3.05, 3.63) is 64.6 Å². The van der Waals surface area contributed by atoms with E-state index in [4.69, 9.17) is 16.0 Å². The second-order valence-electron chi connectivity index (χ2n) is 6.82. The summed E-state index contributed by atoms with van der Waals surface area (Å²) in [5.41, 5.74) is 1.00. The number of amides is 1. The third-order valence-electron chi connectivity index (χ3n) is 5.07. The van der Waals surface area contributed by atoms with Gasteiger partial charge in [0.1, 0.15) is 16.3 Å². The molecule has 0 spiro atoms. The number of piperazine rings is 1. The Bertz CT molecular complexity index is 1200. The standard InChI is InChI=1S/C20H18ClFN2O4S/c1-13-15-12-14(22)6-7-17(15)28-19(13)20(25)23-8-10-24(11-9-23)29(26,27)18-5-3-2-4-16(18)21/h2-7,12H,8-11H2,1H3. The molecule has 2 heterocycles. The van der Waals surface area contributed by atoms with Crippen LogP contribution in [0.2, 0.25) is 5.02 Å². The molecule has 0 N–H and O–H groups in total. The summed E-state index contributed by atoms with van der Waals surface area (Å²) in [5.74, 6) is -0.597. The lowest BCUT2D eigenvalue weighted by atomic mass is 10.1. The number of aryl methyl sites for hydroxylation is 1. The van der Waals surface area contributed by atoms with E-state index in [2.05, 4.69) is 0 Å². The summed E-state index contributed by atoms with van der Waals surface area (Å²) in [6, 6.07) is 10.4. The van der Waals surface area contributed by atoms with Crippen LogP contribution in [0.15, 0.2) is 51.8 Å². The molecular weight excluding hydrogens is 419 g/mol. The number of carbonyl (C=O) groups is 1. The topological polar surface area (TPSA) is 70.8 Å². The summed E-state index contributed by atoms with van der Waals surface area (Å²) in [6.45, 7) is 2.43. The van der Waals surface area contributed by atoms with Crippen molar-refractivity contribution in [1.29, 1.82) is 0 Å². The Hall–Kier alpha value is -2.42. The maximum Gasteiger partial charge on any atom is 0.289 e. The molecule has 1 aliphatic heterocycles. The van der Waals surface area contributed by atoms with Gasteiger partial charge in [-0.05, 0) is 37.3 Å². The van der Waals surface area contributed by atoms with Gasteiger partial charge in [-0.1, -0.05) is 23.7 Å². The molecular formula is C20H18ClFN2O4S. The van der Waals surface area contributed by atoms with Gasteiger partial charge in [-0.2, -0.15) is 4.31 Å².